The zero-order valence-electron chi connectivity index (χ0n) is 57.9. The summed E-state index contributed by atoms with van der Waals surface area (Å²) in [7, 11) is 27.0. The third-order valence-corrected chi connectivity index (χ3v) is 18.1. The van der Waals surface area contributed by atoms with Gasteiger partial charge >= 0.3 is 0 Å². The van der Waals surface area contributed by atoms with Crippen LogP contribution >= 0.6 is 25.3 Å². The van der Waals surface area contributed by atoms with Crippen molar-refractivity contribution in [2.24, 2.45) is 0 Å². The van der Waals surface area contributed by atoms with Crippen LogP contribution < -0.4 is 10.6 Å². The summed E-state index contributed by atoms with van der Waals surface area (Å²) in [5.74, 6) is 0.110. The zero-order chi connectivity index (χ0) is 69.5. The molecular weight excluding hydrogens is 1310 g/mol. The molecule has 6 rings (SSSR count). The van der Waals surface area contributed by atoms with E-state index in [4.69, 9.17) is 137 Å². The molecule has 6 saturated heterocycles. The van der Waals surface area contributed by atoms with Gasteiger partial charge in [-0.3, -0.25) is 9.59 Å². The van der Waals surface area contributed by atoms with E-state index in [0.29, 0.717) is 11.5 Å². The molecular formula is C60H108N2O31S2. The topological polar surface area (TPSA) is 326 Å². The van der Waals surface area contributed by atoms with Crippen LogP contribution in [0.15, 0.2) is 0 Å². The standard InChI is InChI=1S/C60H108N2O31S2/c1-65-23-29-37(61-35(63)19-21-94)43(71-7)50(78-14)56(84-29)90-39-31(25-67-3)86-58(52(80-16)45(39)73-9)92-41-33(27-69-5)88-60(54(82-18)47(41)75-11)93-42-34(28-70-6)87-59(53(81-17)48(42)76-12)91-40-32(26-68-4)85-57(51(79-15)46(40)74-10)89-38-30(24-66-2)83-55(62-36(64)20-22-95)49(77-13)44(38)72-8/h29-34,37-60,94-95H,19-28H2,1-18H3,(H,61,63)(H,62,64)/t29-,30-,31-,32-,33-,34-,37-,38-,39-,40-,41-,42-,43+,44+,45+,46+,47+,48+,49-,50-,51-,52-,53-,54-,55+,56-,57-,58-,59-,60-/m1/s1. The van der Waals surface area contributed by atoms with E-state index in [-0.39, 0.29) is 64.3 Å². The van der Waals surface area contributed by atoms with E-state index in [1.54, 1.807) is 0 Å². The molecule has 2 amide bonds. The lowest BCUT2D eigenvalue weighted by molar-refractivity contribution is -0.400. The van der Waals surface area contributed by atoms with Crippen LogP contribution in [0.4, 0.5) is 0 Å². The second-order valence-electron chi connectivity index (χ2n) is 23.1. The van der Waals surface area contributed by atoms with Crippen LogP contribution in [0.25, 0.3) is 0 Å². The second kappa shape index (κ2) is 42.2. The molecule has 556 valence electrons. The first-order chi connectivity index (χ1) is 46.1. The number of carbonyl (C=O) groups excluding carboxylic acids is 2. The number of nitrogens with one attached hydrogen (secondary N) is 2. The molecule has 0 aromatic heterocycles. The van der Waals surface area contributed by atoms with E-state index in [1.165, 1.54) is 128 Å². The van der Waals surface area contributed by atoms with Crippen LogP contribution in [0.5, 0.6) is 0 Å². The molecule has 35 heteroatoms. The van der Waals surface area contributed by atoms with E-state index in [9.17, 15) is 9.59 Å². The summed E-state index contributed by atoms with van der Waals surface area (Å²) in [5, 5.41) is 5.87. The average Bonchev–Trinajstić information content (AvgIpc) is 0.790. The van der Waals surface area contributed by atoms with Crippen molar-refractivity contribution in [3.63, 3.8) is 0 Å². The van der Waals surface area contributed by atoms with Gasteiger partial charge < -0.3 is 148 Å². The second-order valence-corrected chi connectivity index (χ2v) is 24.0. The highest BCUT2D eigenvalue weighted by Gasteiger charge is 2.60. The van der Waals surface area contributed by atoms with Crippen molar-refractivity contribution in [3.05, 3.63) is 0 Å². The van der Waals surface area contributed by atoms with Crippen LogP contribution in [-0.2, 0) is 147 Å². The average molecular weight is 1420 g/mol. The van der Waals surface area contributed by atoms with Crippen molar-refractivity contribution >= 4 is 37.1 Å². The van der Waals surface area contributed by atoms with E-state index in [2.05, 4.69) is 35.9 Å². The largest absolute Gasteiger partial charge is 0.382 e. The van der Waals surface area contributed by atoms with Crippen molar-refractivity contribution in [2.75, 3.05) is 179 Å². The van der Waals surface area contributed by atoms with E-state index < -0.39 is 184 Å². The summed E-state index contributed by atoms with van der Waals surface area (Å²) < 4.78 is 183. The summed E-state index contributed by atoms with van der Waals surface area (Å²) >= 11 is 8.44. The van der Waals surface area contributed by atoms with Crippen molar-refractivity contribution in [2.45, 2.75) is 197 Å². The highest BCUT2D eigenvalue weighted by Crippen LogP contribution is 2.41. The molecule has 0 radical (unpaired) electrons. The lowest BCUT2D eigenvalue weighted by Gasteiger charge is -2.52. The van der Waals surface area contributed by atoms with Crippen LogP contribution in [0, 0.1) is 0 Å². The molecule has 0 bridgehead atoms. The van der Waals surface area contributed by atoms with Gasteiger partial charge in [-0.1, -0.05) is 0 Å². The summed E-state index contributed by atoms with van der Waals surface area (Å²) in [4.78, 5) is 25.7. The fraction of sp³-hybridized carbons (Fsp3) is 0.967. The highest BCUT2D eigenvalue weighted by atomic mass is 32.1. The maximum absolute atomic E-state index is 12.9. The first-order valence-electron chi connectivity index (χ1n) is 31.4. The van der Waals surface area contributed by atoms with Gasteiger partial charge in [0.1, 0.15) is 140 Å². The van der Waals surface area contributed by atoms with Gasteiger partial charge in [0.05, 0.1) is 45.7 Å². The van der Waals surface area contributed by atoms with Gasteiger partial charge in [-0.15, -0.1) is 0 Å². The first-order valence-corrected chi connectivity index (χ1v) is 32.6. The van der Waals surface area contributed by atoms with E-state index in [0.717, 1.165) is 0 Å². The Bertz CT molecular complexity index is 2150. The Morgan fingerprint density at radius 2 is 0.495 bits per heavy atom. The summed E-state index contributed by atoms with van der Waals surface area (Å²) in [6.45, 7) is -0.0329. The molecule has 6 heterocycles. The van der Waals surface area contributed by atoms with Crippen molar-refractivity contribution in [1.29, 1.82) is 0 Å². The molecule has 0 saturated carbocycles. The maximum Gasteiger partial charge on any atom is 0.222 e. The number of ether oxygens (including phenoxy) is 29. The predicted molar refractivity (Wildman–Crippen MR) is 334 cm³/mol. The predicted octanol–water partition coefficient (Wildman–Crippen LogP) is -1.44. The van der Waals surface area contributed by atoms with Gasteiger partial charge in [-0.2, -0.15) is 25.3 Å². The number of hydrogen-bond donors (Lipinski definition) is 4. The van der Waals surface area contributed by atoms with Crippen LogP contribution in [0.3, 0.4) is 0 Å². The minimum Gasteiger partial charge on any atom is -0.382 e. The number of amides is 2. The molecule has 30 atom stereocenters. The van der Waals surface area contributed by atoms with Crippen LogP contribution in [-0.4, -0.2) is 375 Å². The van der Waals surface area contributed by atoms with Crippen LogP contribution in [0.1, 0.15) is 12.8 Å². The number of rotatable bonds is 40. The Balaban J connectivity index is 1.23. The fourth-order valence-corrected chi connectivity index (χ4v) is 13.8. The third-order valence-electron chi connectivity index (χ3n) is 17.7. The Labute approximate surface area is 568 Å². The summed E-state index contributed by atoms with van der Waals surface area (Å²) in [6, 6.07) is -0.688. The van der Waals surface area contributed by atoms with Crippen molar-refractivity contribution in [3.8, 4) is 0 Å². The lowest BCUT2D eigenvalue weighted by atomic mass is 9.94. The molecule has 0 spiro atoms. The van der Waals surface area contributed by atoms with Gasteiger partial charge in [-0.05, 0) is 11.5 Å². The van der Waals surface area contributed by atoms with Gasteiger partial charge in [0.25, 0.3) is 0 Å². The summed E-state index contributed by atoms with van der Waals surface area (Å²) in [5.41, 5.74) is 0. The molecule has 0 aromatic rings. The van der Waals surface area contributed by atoms with Crippen molar-refractivity contribution < 1.29 is 147 Å². The molecule has 0 unspecified atom stereocenters. The quantitative estimate of drug-likeness (QED) is 0.0511. The number of methoxy groups -OCH3 is 18. The normalized spacial score (nSPS) is 41.0. The Kier molecular flexibility index (Phi) is 36.6. The van der Waals surface area contributed by atoms with Gasteiger partial charge in [-0.25, -0.2) is 0 Å². The number of hydrogen-bond acceptors (Lipinski definition) is 33. The van der Waals surface area contributed by atoms with Gasteiger partial charge in [0, 0.05) is 141 Å². The molecule has 95 heavy (non-hydrogen) atoms. The number of carbonyl (C=O) groups is 2. The monoisotopic (exact) mass is 1420 g/mol. The van der Waals surface area contributed by atoms with Crippen LogP contribution in [0.2, 0.25) is 0 Å². The third kappa shape index (κ3) is 20.0. The number of thiol groups is 2. The molecule has 0 aromatic carbocycles. The lowest BCUT2D eigenvalue weighted by Crippen LogP contribution is -2.70. The SMILES string of the molecule is COC[C@H]1O[C@H](O[C@H]2[C@H](OC)[C@@H](OC)[C@@H](O[C@H]3[C@H](OC)[C@@H](OC)[C@@H](O[C@H]4[C@H](OC)[C@@H](OC)[C@@H](O[C@H]5[C@H](OC)[C@@H](OC)[C@@H](O[C@H]6[C@H](OC)[C@@H](OC)[C@@H](NC(=O)CCS)O[C@@H]6COC)O[C@@H]5COC)O[C@@H]4COC)O[C@@H]3COC)O[C@@H]2COC)[C@H](OC)[C@@H](OC)[C@@H]1NC(=O)CCS. The molecule has 6 aliphatic rings. The van der Waals surface area contributed by atoms with Gasteiger partial charge in [0.2, 0.25) is 11.8 Å². The Hall–Kier alpha value is -1.52. The van der Waals surface area contributed by atoms with Crippen molar-refractivity contribution in [1.82, 2.24) is 10.6 Å². The molecule has 6 aliphatic heterocycles. The molecule has 33 nitrogen and oxygen atoms in total. The maximum atomic E-state index is 12.9. The summed E-state index contributed by atoms with van der Waals surface area (Å²) in [6.07, 6.45) is -27.8. The minimum atomic E-state index is -1.23. The molecule has 0 aliphatic carbocycles. The van der Waals surface area contributed by atoms with E-state index in [1.807, 2.05) is 0 Å². The molecule has 6 fully saturated rings. The van der Waals surface area contributed by atoms with E-state index >= 15 is 0 Å². The smallest absolute Gasteiger partial charge is 0.222 e. The Morgan fingerprint density at radius 3 is 0.747 bits per heavy atom. The minimum absolute atomic E-state index is 0.0177. The fourth-order valence-electron chi connectivity index (χ4n) is 13.4. The zero-order valence-corrected chi connectivity index (χ0v) is 59.7. The first kappa shape index (κ1) is 82.4. The Morgan fingerprint density at radius 1 is 0.274 bits per heavy atom. The molecule has 2 N–H and O–H groups in total. The highest BCUT2D eigenvalue weighted by molar-refractivity contribution is 7.80. The van der Waals surface area contributed by atoms with Gasteiger partial charge in [0.15, 0.2) is 37.7 Å².